The number of carboxylic acids is 1. The summed E-state index contributed by atoms with van der Waals surface area (Å²) in [7, 11) is 0. The van der Waals surface area contributed by atoms with Gasteiger partial charge in [0.05, 0.1) is 18.0 Å². The van der Waals surface area contributed by atoms with Crippen LogP contribution in [0.5, 0.6) is 0 Å². The molecule has 206 valence electrons. The summed E-state index contributed by atoms with van der Waals surface area (Å²) in [6.07, 6.45) is 4.24. The molecule has 5 unspecified atom stereocenters. The van der Waals surface area contributed by atoms with Crippen LogP contribution in [-0.2, 0) is 30.4 Å². The molecule has 2 aliphatic rings. The molecule has 0 aromatic heterocycles. The molecule has 1 heterocycles. The SMILES string of the molecule is CC(NC(CCc1ccccc1)C(=O)OCCSCCON(O)O)C(=O)N1C(C(=O)O)CC2CCCC21. The molecule has 3 rings (SSSR count). The number of carbonyl (C=O) groups excluding carboxylic acids is 2. The zero-order valence-corrected chi connectivity index (χ0v) is 21.8. The summed E-state index contributed by atoms with van der Waals surface area (Å²) in [4.78, 5) is 44.3. The van der Waals surface area contributed by atoms with Crippen LogP contribution in [-0.4, -0.2) is 92.5 Å². The number of thioether (sulfide) groups is 1. The summed E-state index contributed by atoms with van der Waals surface area (Å²) in [6.45, 7) is 1.91. The first kappa shape index (κ1) is 29.3. The average molecular weight is 540 g/mol. The van der Waals surface area contributed by atoms with Crippen molar-refractivity contribution in [3.8, 4) is 0 Å². The van der Waals surface area contributed by atoms with E-state index in [0.717, 1.165) is 24.8 Å². The molecule has 1 aliphatic carbocycles. The number of nitrogens with one attached hydrogen (secondary N) is 1. The highest BCUT2D eigenvalue weighted by atomic mass is 32.2. The van der Waals surface area contributed by atoms with Crippen LogP contribution in [0, 0.1) is 5.92 Å². The second-order valence-corrected chi connectivity index (χ2v) is 10.6. The third-order valence-electron chi connectivity index (χ3n) is 6.95. The van der Waals surface area contributed by atoms with E-state index in [4.69, 9.17) is 15.2 Å². The Morgan fingerprint density at radius 3 is 2.59 bits per heavy atom. The van der Waals surface area contributed by atoms with Gasteiger partial charge in [-0.2, -0.15) is 11.8 Å². The Labute approximate surface area is 221 Å². The standard InChI is InChI=1S/C25H37N3O8S/c1-17(23(29)27-21-9-5-8-19(21)16-22(27)24(30)31)26-20(11-10-18-6-3-2-4-7-18)25(32)35-12-14-37-15-13-36-28(33)34/h2-4,6-7,17,19-22,26,33-34H,5,8-16H2,1H3,(H,30,31). The number of rotatable bonds is 15. The van der Waals surface area contributed by atoms with E-state index in [1.807, 2.05) is 30.3 Å². The Hall–Kier alpha value is -2.22. The maximum absolute atomic E-state index is 13.4. The smallest absolute Gasteiger partial charge is 0.326 e. The van der Waals surface area contributed by atoms with Gasteiger partial charge in [-0.05, 0) is 50.5 Å². The predicted molar refractivity (Wildman–Crippen MR) is 135 cm³/mol. The van der Waals surface area contributed by atoms with Gasteiger partial charge in [0, 0.05) is 17.5 Å². The van der Waals surface area contributed by atoms with Gasteiger partial charge < -0.3 is 14.7 Å². The number of nitrogens with zero attached hydrogens (tertiary/aromatic N) is 2. The van der Waals surface area contributed by atoms with E-state index in [0.29, 0.717) is 30.8 Å². The third-order valence-corrected chi connectivity index (χ3v) is 7.87. The maximum atomic E-state index is 13.4. The molecule has 1 saturated heterocycles. The second-order valence-electron chi connectivity index (χ2n) is 9.42. The highest BCUT2D eigenvalue weighted by Crippen LogP contribution is 2.41. The lowest BCUT2D eigenvalue weighted by molar-refractivity contribution is -0.490. The summed E-state index contributed by atoms with van der Waals surface area (Å²) in [6, 6.07) is 7.33. The van der Waals surface area contributed by atoms with Crippen LogP contribution in [0.1, 0.15) is 44.6 Å². The van der Waals surface area contributed by atoms with Crippen LogP contribution in [0.15, 0.2) is 30.3 Å². The maximum Gasteiger partial charge on any atom is 0.326 e. The number of hydrogen-bond acceptors (Lipinski definition) is 10. The number of hydrogen-bond donors (Lipinski definition) is 4. The van der Waals surface area contributed by atoms with Crippen LogP contribution in [0.2, 0.25) is 0 Å². The molecular weight excluding hydrogens is 502 g/mol. The quantitative estimate of drug-likeness (QED) is 0.147. The molecule has 1 aliphatic heterocycles. The van der Waals surface area contributed by atoms with E-state index >= 15 is 0 Å². The van der Waals surface area contributed by atoms with Crippen molar-refractivity contribution in [1.82, 2.24) is 15.6 Å². The Kier molecular flexibility index (Phi) is 11.6. The number of fused-ring (bicyclic) bond motifs is 1. The lowest BCUT2D eigenvalue weighted by Crippen LogP contribution is -2.55. The fraction of sp³-hybridized carbons (Fsp3) is 0.640. The van der Waals surface area contributed by atoms with Crippen LogP contribution in [0.4, 0.5) is 0 Å². The van der Waals surface area contributed by atoms with E-state index in [1.54, 1.807) is 6.92 Å². The van der Waals surface area contributed by atoms with Crippen LogP contribution in [0.25, 0.3) is 0 Å². The van der Waals surface area contributed by atoms with Crippen molar-refractivity contribution in [2.75, 3.05) is 24.7 Å². The molecule has 0 radical (unpaired) electrons. The molecular formula is C25H37N3O8S. The third kappa shape index (κ3) is 8.66. The fourth-order valence-corrected chi connectivity index (χ4v) is 5.83. The van der Waals surface area contributed by atoms with Crippen LogP contribution in [0.3, 0.4) is 0 Å². The summed E-state index contributed by atoms with van der Waals surface area (Å²) in [5.74, 6) is -0.571. The highest BCUT2D eigenvalue weighted by molar-refractivity contribution is 7.99. The van der Waals surface area contributed by atoms with Gasteiger partial charge in [0.1, 0.15) is 18.7 Å². The number of amides is 1. The molecule has 2 fully saturated rings. The second kappa shape index (κ2) is 14.6. The van der Waals surface area contributed by atoms with E-state index in [1.165, 1.54) is 16.7 Å². The number of aryl methyl sites for hydroxylation is 1. The fourth-order valence-electron chi connectivity index (χ4n) is 5.23. The normalized spacial score (nSPS) is 22.6. The number of esters is 1. The predicted octanol–water partition coefficient (Wildman–Crippen LogP) is 2.11. The van der Waals surface area contributed by atoms with E-state index in [2.05, 4.69) is 10.2 Å². The topological polar surface area (TPSA) is 149 Å². The van der Waals surface area contributed by atoms with Crippen molar-refractivity contribution < 1.29 is 39.5 Å². The highest BCUT2D eigenvalue weighted by Gasteiger charge is 2.49. The van der Waals surface area contributed by atoms with E-state index in [-0.39, 0.29) is 36.5 Å². The first-order valence-corrected chi connectivity index (χ1v) is 13.8. The lowest BCUT2D eigenvalue weighted by atomic mass is 10.0. The van der Waals surface area contributed by atoms with Crippen LogP contribution >= 0.6 is 11.8 Å². The first-order chi connectivity index (χ1) is 17.8. The summed E-state index contributed by atoms with van der Waals surface area (Å²) in [5, 5.41) is 29.5. The summed E-state index contributed by atoms with van der Waals surface area (Å²) >= 11 is 1.42. The Balaban J connectivity index is 1.58. The number of aliphatic carboxylic acids is 1. The molecule has 0 spiro atoms. The van der Waals surface area contributed by atoms with Crippen molar-refractivity contribution >= 4 is 29.6 Å². The molecule has 11 nitrogen and oxygen atoms in total. The van der Waals surface area contributed by atoms with Gasteiger partial charge in [-0.15, -0.1) is 0 Å². The van der Waals surface area contributed by atoms with E-state index in [9.17, 15) is 19.5 Å². The Morgan fingerprint density at radius 2 is 1.89 bits per heavy atom. The number of carboxylic acid groups (broad SMARTS) is 1. The summed E-state index contributed by atoms with van der Waals surface area (Å²) < 4.78 is 5.46. The summed E-state index contributed by atoms with van der Waals surface area (Å²) in [5.41, 5.74) is 1.05. The van der Waals surface area contributed by atoms with Gasteiger partial charge in [0.2, 0.25) is 5.91 Å². The number of benzene rings is 1. The lowest BCUT2D eigenvalue weighted by Gasteiger charge is -2.32. The minimum absolute atomic E-state index is 0.0580. The molecule has 37 heavy (non-hydrogen) atoms. The zero-order chi connectivity index (χ0) is 26.8. The van der Waals surface area contributed by atoms with Gasteiger partial charge in [-0.3, -0.25) is 25.3 Å². The van der Waals surface area contributed by atoms with Gasteiger partial charge in [0.15, 0.2) is 0 Å². The molecule has 1 saturated carbocycles. The van der Waals surface area contributed by atoms with Gasteiger partial charge in [0.25, 0.3) is 0 Å². The van der Waals surface area contributed by atoms with Crippen molar-refractivity contribution in [3.05, 3.63) is 35.9 Å². The number of ether oxygens (including phenoxy) is 1. The van der Waals surface area contributed by atoms with Crippen molar-refractivity contribution in [3.63, 3.8) is 0 Å². The largest absolute Gasteiger partial charge is 0.480 e. The molecule has 1 aromatic rings. The van der Waals surface area contributed by atoms with Crippen molar-refractivity contribution in [2.45, 2.75) is 69.6 Å². The minimum atomic E-state index is -0.983. The van der Waals surface area contributed by atoms with Gasteiger partial charge >= 0.3 is 11.9 Å². The monoisotopic (exact) mass is 539 g/mol. The van der Waals surface area contributed by atoms with Crippen molar-refractivity contribution in [1.29, 1.82) is 0 Å². The molecule has 12 heteroatoms. The molecule has 5 atom stereocenters. The van der Waals surface area contributed by atoms with Crippen molar-refractivity contribution in [2.24, 2.45) is 5.92 Å². The minimum Gasteiger partial charge on any atom is -0.480 e. The number of likely N-dealkylation sites (tertiary alicyclic amines) is 1. The molecule has 1 aromatic carbocycles. The number of carbonyl (C=O) groups is 3. The van der Waals surface area contributed by atoms with E-state index < -0.39 is 30.1 Å². The molecule has 1 amide bonds. The Morgan fingerprint density at radius 1 is 1.16 bits per heavy atom. The first-order valence-electron chi connectivity index (χ1n) is 12.7. The average Bonchev–Trinajstić information content (AvgIpc) is 3.47. The van der Waals surface area contributed by atoms with Crippen LogP contribution < -0.4 is 5.32 Å². The Bertz CT molecular complexity index is 890. The molecule has 0 bridgehead atoms. The van der Waals surface area contributed by atoms with Gasteiger partial charge in [-0.1, -0.05) is 36.8 Å². The molecule has 4 N–H and O–H groups in total. The zero-order valence-electron chi connectivity index (χ0n) is 21.0. The van der Waals surface area contributed by atoms with Gasteiger partial charge in [-0.25, -0.2) is 9.63 Å².